The maximum Gasteiger partial charge on any atom is 0.314 e. The molecule has 23 heavy (non-hydrogen) atoms. The summed E-state index contributed by atoms with van der Waals surface area (Å²) in [7, 11) is 0. The van der Waals surface area contributed by atoms with Gasteiger partial charge in [0.2, 0.25) is 5.91 Å². The first-order chi connectivity index (χ1) is 10.8. The van der Waals surface area contributed by atoms with E-state index < -0.39 is 11.4 Å². The molecule has 2 N–H and O–H groups in total. The van der Waals surface area contributed by atoms with Crippen LogP contribution in [0.5, 0.6) is 0 Å². The average Bonchev–Trinajstić information content (AvgIpc) is 2.52. The summed E-state index contributed by atoms with van der Waals surface area (Å²) in [4.78, 5) is 24.1. The second kappa shape index (κ2) is 6.84. The van der Waals surface area contributed by atoms with Crippen molar-refractivity contribution in [2.75, 3.05) is 5.32 Å². The van der Waals surface area contributed by atoms with Crippen LogP contribution in [-0.2, 0) is 15.0 Å². The number of carboxylic acid groups (broad SMARTS) is 1. The van der Waals surface area contributed by atoms with Gasteiger partial charge in [-0.2, -0.15) is 0 Å². The van der Waals surface area contributed by atoms with E-state index in [4.69, 9.17) is 11.6 Å². The van der Waals surface area contributed by atoms with E-state index in [1.54, 1.807) is 62.4 Å². The fourth-order valence-electron chi connectivity index (χ4n) is 2.37. The first kappa shape index (κ1) is 17.0. The Morgan fingerprint density at radius 3 is 2.39 bits per heavy atom. The van der Waals surface area contributed by atoms with Crippen LogP contribution in [0, 0.1) is 6.92 Å². The fourth-order valence-corrected chi connectivity index (χ4v) is 2.54. The topological polar surface area (TPSA) is 66.4 Å². The Hall–Kier alpha value is -2.33. The van der Waals surface area contributed by atoms with Crippen molar-refractivity contribution in [1.29, 1.82) is 0 Å². The maximum absolute atomic E-state index is 12.4. The monoisotopic (exact) mass is 331 g/mol. The number of rotatable bonds is 5. The van der Waals surface area contributed by atoms with Gasteiger partial charge >= 0.3 is 5.97 Å². The number of carbonyl (C=O) groups is 2. The Balaban J connectivity index is 2.23. The first-order valence-corrected chi connectivity index (χ1v) is 7.56. The summed E-state index contributed by atoms with van der Waals surface area (Å²) >= 11 is 6.03. The molecule has 0 spiro atoms. The van der Waals surface area contributed by atoms with Crippen molar-refractivity contribution in [2.45, 2.75) is 25.7 Å². The van der Waals surface area contributed by atoms with Gasteiger partial charge in [-0.3, -0.25) is 9.59 Å². The van der Waals surface area contributed by atoms with Crippen molar-refractivity contribution in [3.63, 3.8) is 0 Å². The Bertz CT molecular complexity index is 730. The minimum Gasteiger partial charge on any atom is -0.481 e. The molecule has 2 rings (SSSR count). The Labute approximate surface area is 140 Å². The molecule has 120 valence electrons. The number of hydrogen-bond acceptors (Lipinski definition) is 2. The van der Waals surface area contributed by atoms with Gasteiger partial charge in [0.1, 0.15) is 0 Å². The van der Waals surface area contributed by atoms with Crippen LogP contribution in [0.1, 0.15) is 24.5 Å². The van der Waals surface area contributed by atoms with Gasteiger partial charge in [-0.05, 0) is 37.1 Å². The lowest BCUT2D eigenvalue weighted by molar-refractivity contribution is -0.145. The van der Waals surface area contributed by atoms with E-state index in [2.05, 4.69) is 5.32 Å². The van der Waals surface area contributed by atoms with E-state index in [9.17, 15) is 14.7 Å². The number of aliphatic carboxylic acids is 1. The summed E-state index contributed by atoms with van der Waals surface area (Å²) in [5.41, 5.74) is 0.630. The highest BCUT2D eigenvalue weighted by Gasteiger charge is 2.37. The van der Waals surface area contributed by atoms with Crippen molar-refractivity contribution >= 4 is 29.2 Å². The number of anilines is 1. The third-order valence-corrected chi connectivity index (χ3v) is 4.35. The largest absolute Gasteiger partial charge is 0.481 e. The quantitative estimate of drug-likeness (QED) is 0.869. The third-order valence-electron chi connectivity index (χ3n) is 3.94. The van der Waals surface area contributed by atoms with Gasteiger partial charge in [0.15, 0.2) is 0 Å². The van der Waals surface area contributed by atoms with Gasteiger partial charge in [0.25, 0.3) is 0 Å². The van der Waals surface area contributed by atoms with Crippen molar-refractivity contribution < 1.29 is 14.7 Å². The van der Waals surface area contributed by atoms with Crippen LogP contribution in [-0.4, -0.2) is 17.0 Å². The number of hydrogen-bond donors (Lipinski definition) is 2. The Morgan fingerprint density at radius 2 is 1.78 bits per heavy atom. The molecule has 5 heteroatoms. The number of halogens is 1. The second-order valence-corrected chi connectivity index (χ2v) is 6.05. The molecule has 2 aromatic rings. The zero-order valence-corrected chi connectivity index (χ0v) is 13.7. The van der Waals surface area contributed by atoms with Crippen molar-refractivity contribution in [2.24, 2.45) is 0 Å². The number of carbonyl (C=O) groups excluding carboxylic acids is 1. The minimum absolute atomic E-state index is 0.168. The molecule has 0 saturated carbocycles. The number of benzene rings is 2. The molecular weight excluding hydrogens is 314 g/mol. The third kappa shape index (κ3) is 3.71. The van der Waals surface area contributed by atoms with Gasteiger partial charge in [-0.1, -0.05) is 48.0 Å². The maximum atomic E-state index is 12.4. The number of amides is 1. The van der Waals surface area contributed by atoms with E-state index >= 15 is 0 Å². The lowest BCUT2D eigenvalue weighted by Crippen LogP contribution is -2.36. The molecule has 0 aliphatic carbocycles. The molecule has 0 saturated heterocycles. The zero-order chi connectivity index (χ0) is 17.0. The molecule has 0 heterocycles. The van der Waals surface area contributed by atoms with Crippen LogP contribution in [0.4, 0.5) is 5.69 Å². The molecule has 1 atom stereocenters. The standard InChI is InChI=1S/C18H18ClNO3/c1-12-14(19)9-6-10-15(12)20-16(21)11-18(2,17(22)23)13-7-4-3-5-8-13/h3-10H,11H2,1-2H3,(H,20,21)(H,22,23). The van der Waals surface area contributed by atoms with Crippen LogP contribution in [0.15, 0.2) is 48.5 Å². The van der Waals surface area contributed by atoms with Gasteiger partial charge in [0, 0.05) is 17.1 Å². The highest BCUT2D eigenvalue weighted by Crippen LogP contribution is 2.29. The predicted molar refractivity (Wildman–Crippen MR) is 90.9 cm³/mol. The highest BCUT2D eigenvalue weighted by atomic mass is 35.5. The molecule has 0 radical (unpaired) electrons. The summed E-state index contributed by atoms with van der Waals surface area (Å²) in [6.07, 6.45) is -0.168. The summed E-state index contributed by atoms with van der Waals surface area (Å²) in [6, 6.07) is 14.0. The minimum atomic E-state index is -1.29. The van der Waals surface area contributed by atoms with Crippen LogP contribution in [0.2, 0.25) is 5.02 Å². The van der Waals surface area contributed by atoms with Crippen LogP contribution in [0.25, 0.3) is 0 Å². The van der Waals surface area contributed by atoms with Crippen molar-refractivity contribution in [3.05, 3.63) is 64.7 Å². The Morgan fingerprint density at radius 1 is 1.13 bits per heavy atom. The number of carboxylic acids is 1. The zero-order valence-electron chi connectivity index (χ0n) is 13.0. The lowest BCUT2D eigenvalue weighted by atomic mass is 9.79. The summed E-state index contributed by atoms with van der Waals surface area (Å²) in [6.45, 7) is 3.35. The molecule has 2 aromatic carbocycles. The van der Waals surface area contributed by atoms with Crippen LogP contribution in [0.3, 0.4) is 0 Å². The van der Waals surface area contributed by atoms with E-state index in [1.165, 1.54) is 0 Å². The van der Waals surface area contributed by atoms with Crippen LogP contribution < -0.4 is 5.32 Å². The Kier molecular flexibility index (Phi) is 5.06. The van der Waals surface area contributed by atoms with Crippen LogP contribution >= 0.6 is 11.6 Å². The molecule has 0 bridgehead atoms. The molecule has 0 fully saturated rings. The predicted octanol–water partition coefficient (Wildman–Crippen LogP) is 4.02. The molecule has 1 unspecified atom stereocenters. The van der Waals surface area contributed by atoms with E-state index in [1.807, 2.05) is 0 Å². The normalized spacial score (nSPS) is 13.2. The molecule has 0 aliphatic rings. The smallest absolute Gasteiger partial charge is 0.314 e. The van der Waals surface area contributed by atoms with Gasteiger partial charge < -0.3 is 10.4 Å². The summed E-state index contributed by atoms with van der Waals surface area (Å²) < 4.78 is 0. The summed E-state index contributed by atoms with van der Waals surface area (Å²) in [5.74, 6) is -1.41. The van der Waals surface area contributed by atoms with Gasteiger partial charge in [0.05, 0.1) is 5.41 Å². The fraction of sp³-hybridized carbons (Fsp3) is 0.222. The molecule has 4 nitrogen and oxygen atoms in total. The first-order valence-electron chi connectivity index (χ1n) is 7.18. The average molecular weight is 332 g/mol. The second-order valence-electron chi connectivity index (χ2n) is 5.64. The van der Waals surface area contributed by atoms with Crippen molar-refractivity contribution in [3.8, 4) is 0 Å². The van der Waals surface area contributed by atoms with Gasteiger partial charge in [-0.15, -0.1) is 0 Å². The molecular formula is C18H18ClNO3. The molecule has 1 amide bonds. The highest BCUT2D eigenvalue weighted by molar-refractivity contribution is 6.31. The van der Waals surface area contributed by atoms with E-state index in [0.717, 1.165) is 5.56 Å². The van der Waals surface area contributed by atoms with Crippen molar-refractivity contribution in [1.82, 2.24) is 0 Å². The van der Waals surface area contributed by atoms with E-state index in [0.29, 0.717) is 16.3 Å². The van der Waals surface area contributed by atoms with Gasteiger partial charge in [-0.25, -0.2) is 0 Å². The van der Waals surface area contributed by atoms with E-state index in [-0.39, 0.29) is 12.3 Å². The molecule has 0 aliphatic heterocycles. The molecule has 0 aromatic heterocycles. The lowest BCUT2D eigenvalue weighted by Gasteiger charge is -2.25. The summed E-state index contributed by atoms with van der Waals surface area (Å²) in [5, 5.41) is 12.9. The SMILES string of the molecule is Cc1c(Cl)cccc1NC(=O)CC(C)(C(=O)O)c1ccccc1. The number of nitrogens with one attached hydrogen (secondary N) is 1.